The minimum atomic E-state index is 0.0460. The Morgan fingerprint density at radius 1 is 1.04 bits per heavy atom. The van der Waals surface area contributed by atoms with Crippen molar-refractivity contribution in [1.29, 1.82) is 0 Å². The third-order valence-corrected chi connectivity index (χ3v) is 6.12. The van der Waals surface area contributed by atoms with Crippen LogP contribution in [0.3, 0.4) is 0 Å². The molecule has 1 amide bonds. The zero-order valence-corrected chi connectivity index (χ0v) is 16.8. The molecule has 2 fully saturated rings. The van der Waals surface area contributed by atoms with Crippen LogP contribution in [0.5, 0.6) is 0 Å². The van der Waals surface area contributed by atoms with Crippen LogP contribution in [0.4, 0.5) is 5.69 Å². The number of amides is 1. The molecule has 0 N–H and O–H groups in total. The molecule has 6 heteroatoms. The van der Waals surface area contributed by atoms with E-state index < -0.39 is 0 Å². The second-order valence-corrected chi connectivity index (χ2v) is 7.88. The number of imidazole rings is 1. The van der Waals surface area contributed by atoms with Gasteiger partial charge in [0.2, 0.25) is 5.91 Å². The topological polar surface area (TPSA) is 44.6 Å². The largest absolute Gasteiger partial charge is 0.335 e. The van der Waals surface area contributed by atoms with Crippen LogP contribution >= 0.6 is 0 Å². The Labute approximate surface area is 167 Å². The first-order valence-electron chi connectivity index (χ1n) is 10.5. The summed E-state index contributed by atoms with van der Waals surface area (Å²) in [6.07, 6.45) is 7.13. The molecular formula is C22H31N5O. The molecule has 1 aromatic carbocycles. The number of anilines is 1. The first-order valence-corrected chi connectivity index (χ1v) is 10.5. The van der Waals surface area contributed by atoms with Crippen molar-refractivity contribution in [2.45, 2.75) is 38.8 Å². The van der Waals surface area contributed by atoms with Gasteiger partial charge in [-0.3, -0.25) is 9.69 Å². The van der Waals surface area contributed by atoms with Gasteiger partial charge in [0, 0.05) is 57.3 Å². The summed E-state index contributed by atoms with van der Waals surface area (Å²) in [6.45, 7) is 9.12. The summed E-state index contributed by atoms with van der Waals surface area (Å²) in [6, 6.07) is 10.2. The minimum absolute atomic E-state index is 0.0460. The highest BCUT2D eigenvalue weighted by Gasteiger charge is 2.35. The van der Waals surface area contributed by atoms with Crippen molar-refractivity contribution in [3.63, 3.8) is 0 Å². The van der Waals surface area contributed by atoms with Gasteiger partial charge in [-0.1, -0.05) is 18.2 Å². The van der Waals surface area contributed by atoms with Gasteiger partial charge in [0.05, 0.1) is 6.04 Å². The number of hydrogen-bond donors (Lipinski definition) is 0. The molecule has 1 aromatic heterocycles. The summed E-state index contributed by atoms with van der Waals surface area (Å²) in [5.41, 5.74) is 1.03. The molecule has 0 radical (unpaired) electrons. The van der Waals surface area contributed by atoms with Gasteiger partial charge >= 0.3 is 0 Å². The number of carbonyl (C=O) groups excluding carboxylic acids is 1. The lowest BCUT2D eigenvalue weighted by atomic mass is 10.0. The number of carbonyl (C=O) groups is 1. The van der Waals surface area contributed by atoms with Crippen molar-refractivity contribution in [3.8, 4) is 0 Å². The maximum Gasteiger partial charge on any atom is 0.244 e. The number of piperazine rings is 1. The Balaban J connectivity index is 1.26. The Morgan fingerprint density at radius 3 is 2.54 bits per heavy atom. The summed E-state index contributed by atoms with van der Waals surface area (Å²) in [5.74, 6) is 1.37. The van der Waals surface area contributed by atoms with Crippen LogP contribution in [0.25, 0.3) is 0 Å². The Bertz CT molecular complexity index is 766. The summed E-state index contributed by atoms with van der Waals surface area (Å²) in [7, 11) is 0. The summed E-state index contributed by atoms with van der Waals surface area (Å²) >= 11 is 0. The molecule has 2 aromatic rings. The van der Waals surface area contributed by atoms with Gasteiger partial charge in [-0.2, -0.15) is 0 Å². The lowest BCUT2D eigenvalue weighted by Gasteiger charge is -2.42. The van der Waals surface area contributed by atoms with Gasteiger partial charge < -0.3 is 14.4 Å². The number of aromatic nitrogens is 2. The highest BCUT2D eigenvalue weighted by Crippen LogP contribution is 2.24. The number of nitrogens with zero attached hydrogens (tertiary/aromatic N) is 5. The van der Waals surface area contributed by atoms with Crippen molar-refractivity contribution >= 4 is 11.6 Å². The molecule has 2 aliphatic rings. The number of piperidine rings is 1. The van der Waals surface area contributed by atoms with Crippen LogP contribution < -0.4 is 4.90 Å². The molecule has 0 bridgehead atoms. The quantitative estimate of drug-likeness (QED) is 0.771. The second-order valence-electron chi connectivity index (χ2n) is 7.88. The Hall–Kier alpha value is -2.18. The van der Waals surface area contributed by atoms with E-state index in [1.165, 1.54) is 0 Å². The lowest BCUT2D eigenvalue weighted by molar-refractivity contribution is -0.126. The van der Waals surface area contributed by atoms with Crippen LogP contribution in [0, 0.1) is 6.92 Å². The van der Waals surface area contributed by atoms with Crippen molar-refractivity contribution in [1.82, 2.24) is 19.4 Å². The van der Waals surface area contributed by atoms with E-state index in [1.807, 2.05) is 41.4 Å². The zero-order valence-electron chi connectivity index (χ0n) is 16.8. The van der Waals surface area contributed by atoms with Gasteiger partial charge in [-0.15, -0.1) is 0 Å². The van der Waals surface area contributed by atoms with Crippen molar-refractivity contribution < 1.29 is 4.79 Å². The minimum Gasteiger partial charge on any atom is -0.335 e. The molecule has 28 heavy (non-hydrogen) atoms. The molecule has 0 saturated carbocycles. The molecule has 0 spiro atoms. The SMILES string of the molecule is Cc1nccn1CCCN1CCN([C@@H]2CCCN(c3ccccc3)C2=O)CC1. The molecule has 6 nitrogen and oxygen atoms in total. The zero-order chi connectivity index (χ0) is 19.3. The predicted molar refractivity (Wildman–Crippen MR) is 111 cm³/mol. The molecule has 0 unspecified atom stereocenters. The molecule has 3 heterocycles. The molecule has 2 aliphatic heterocycles. The number of benzene rings is 1. The van der Waals surface area contributed by atoms with Gasteiger partial charge in [0.25, 0.3) is 0 Å². The van der Waals surface area contributed by atoms with E-state index in [-0.39, 0.29) is 11.9 Å². The Morgan fingerprint density at radius 2 is 1.82 bits per heavy atom. The lowest BCUT2D eigenvalue weighted by Crippen LogP contribution is -2.57. The molecule has 4 rings (SSSR count). The van der Waals surface area contributed by atoms with Crippen molar-refractivity contribution in [3.05, 3.63) is 48.5 Å². The fourth-order valence-electron chi connectivity index (χ4n) is 4.46. The molecule has 0 aliphatic carbocycles. The van der Waals surface area contributed by atoms with E-state index in [0.717, 1.165) is 76.6 Å². The van der Waals surface area contributed by atoms with Crippen LogP contribution in [-0.4, -0.2) is 70.6 Å². The van der Waals surface area contributed by atoms with Gasteiger partial charge in [-0.25, -0.2) is 4.98 Å². The van der Waals surface area contributed by atoms with Crippen LogP contribution in [-0.2, 0) is 11.3 Å². The smallest absolute Gasteiger partial charge is 0.244 e. The van der Waals surface area contributed by atoms with Gasteiger partial charge in [-0.05, 0) is 44.9 Å². The van der Waals surface area contributed by atoms with Crippen LogP contribution in [0.1, 0.15) is 25.1 Å². The van der Waals surface area contributed by atoms with E-state index in [0.29, 0.717) is 0 Å². The van der Waals surface area contributed by atoms with E-state index in [9.17, 15) is 4.79 Å². The highest BCUT2D eigenvalue weighted by atomic mass is 16.2. The average Bonchev–Trinajstić information content (AvgIpc) is 3.14. The average molecular weight is 382 g/mol. The molecular weight excluding hydrogens is 350 g/mol. The summed E-state index contributed by atoms with van der Waals surface area (Å²) in [5, 5.41) is 0. The third-order valence-electron chi connectivity index (χ3n) is 6.12. The summed E-state index contributed by atoms with van der Waals surface area (Å²) < 4.78 is 2.22. The van der Waals surface area contributed by atoms with Crippen LogP contribution in [0.15, 0.2) is 42.7 Å². The number of para-hydroxylation sites is 1. The predicted octanol–water partition coefficient (Wildman–Crippen LogP) is 2.39. The van der Waals surface area contributed by atoms with E-state index >= 15 is 0 Å². The maximum absolute atomic E-state index is 13.1. The monoisotopic (exact) mass is 381 g/mol. The summed E-state index contributed by atoms with van der Waals surface area (Å²) in [4.78, 5) is 24.3. The molecule has 150 valence electrons. The standard InChI is InChI=1S/C22H31N5O/c1-19-23-10-14-25(19)12-6-11-24-15-17-26(18-16-24)21-9-5-13-27(22(21)28)20-7-3-2-4-8-20/h2-4,7-8,10,14,21H,5-6,9,11-13,15-18H2,1H3/t21-/m1/s1. The molecule has 1 atom stereocenters. The second kappa shape index (κ2) is 8.88. The number of hydrogen-bond acceptors (Lipinski definition) is 4. The normalized spacial score (nSPS) is 22.0. The fourth-order valence-corrected chi connectivity index (χ4v) is 4.46. The Kier molecular flexibility index (Phi) is 6.07. The van der Waals surface area contributed by atoms with Crippen LogP contribution in [0.2, 0.25) is 0 Å². The fraction of sp³-hybridized carbons (Fsp3) is 0.545. The van der Waals surface area contributed by atoms with Gasteiger partial charge in [0.1, 0.15) is 5.82 Å². The van der Waals surface area contributed by atoms with E-state index in [1.54, 1.807) is 0 Å². The molecule has 2 saturated heterocycles. The number of aryl methyl sites for hydroxylation is 2. The maximum atomic E-state index is 13.1. The van der Waals surface area contributed by atoms with E-state index in [2.05, 4.69) is 32.5 Å². The first-order chi connectivity index (χ1) is 13.7. The van der Waals surface area contributed by atoms with Crippen molar-refractivity contribution in [2.24, 2.45) is 0 Å². The first kappa shape index (κ1) is 19.2. The highest BCUT2D eigenvalue weighted by molar-refractivity contribution is 5.97. The van der Waals surface area contributed by atoms with Gasteiger partial charge in [0.15, 0.2) is 0 Å². The third kappa shape index (κ3) is 4.28. The van der Waals surface area contributed by atoms with Crippen molar-refractivity contribution in [2.75, 3.05) is 44.2 Å². The van der Waals surface area contributed by atoms with E-state index in [4.69, 9.17) is 0 Å². The number of rotatable bonds is 6.